The zero-order valence-corrected chi connectivity index (χ0v) is 19.7. The van der Waals surface area contributed by atoms with Crippen molar-refractivity contribution in [2.45, 2.75) is 44.9 Å². The lowest BCUT2D eigenvalue weighted by atomic mass is 9.89. The first-order chi connectivity index (χ1) is 15.3. The van der Waals surface area contributed by atoms with Crippen molar-refractivity contribution in [3.8, 4) is 0 Å². The van der Waals surface area contributed by atoms with Crippen molar-refractivity contribution in [1.29, 1.82) is 0 Å². The summed E-state index contributed by atoms with van der Waals surface area (Å²) in [7, 11) is -3.79. The first-order valence-electron chi connectivity index (χ1n) is 11.2. The fraction of sp³-hybridized carbons (Fsp3) is 0.565. The molecule has 0 aliphatic carbocycles. The number of hydrogen-bond donors (Lipinski definition) is 0. The summed E-state index contributed by atoms with van der Waals surface area (Å²) >= 11 is 0. The number of likely N-dealkylation sites (tertiary alicyclic amines) is 1. The molecule has 0 radical (unpaired) electrons. The van der Waals surface area contributed by atoms with Gasteiger partial charge in [0.2, 0.25) is 15.9 Å². The van der Waals surface area contributed by atoms with Crippen molar-refractivity contribution in [2.75, 3.05) is 26.2 Å². The number of piperidine rings is 2. The molecule has 0 bridgehead atoms. The van der Waals surface area contributed by atoms with Crippen molar-refractivity contribution < 1.29 is 22.2 Å². The highest BCUT2D eigenvalue weighted by molar-refractivity contribution is 7.89. The second-order valence-corrected chi connectivity index (χ2v) is 11.1. The number of carbonyl (C=O) groups excluding carboxylic acids is 1. The quantitative estimate of drug-likeness (QED) is 0.674. The lowest BCUT2D eigenvalue weighted by Crippen LogP contribution is -2.48. The molecule has 4 heterocycles. The third-order valence-corrected chi connectivity index (χ3v) is 8.41. The lowest BCUT2D eigenvalue weighted by Gasteiger charge is -2.39. The molecule has 2 aliphatic heterocycles. The number of amides is 1. The van der Waals surface area contributed by atoms with Gasteiger partial charge in [0.05, 0.1) is 6.26 Å². The average molecular weight is 462 g/mol. The van der Waals surface area contributed by atoms with E-state index in [0.717, 1.165) is 19.5 Å². The lowest BCUT2D eigenvalue weighted by molar-refractivity contribution is -0.139. The zero-order valence-electron chi connectivity index (χ0n) is 18.9. The summed E-state index contributed by atoms with van der Waals surface area (Å²) in [5, 5.41) is 3.87. The van der Waals surface area contributed by atoms with Crippen LogP contribution in [0.2, 0.25) is 0 Å². The summed E-state index contributed by atoms with van der Waals surface area (Å²) in [4.78, 5) is 15.1. The average Bonchev–Trinajstić information content (AvgIpc) is 3.40. The molecule has 9 heteroatoms. The van der Waals surface area contributed by atoms with Gasteiger partial charge in [0.15, 0.2) is 10.7 Å². The Kier molecular flexibility index (Phi) is 6.57. The third kappa shape index (κ3) is 4.68. The van der Waals surface area contributed by atoms with E-state index in [2.05, 4.69) is 19.0 Å². The molecule has 32 heavy (non-hydrogen) atoms. The number of carbonyl (C=O) groups is 1. The van der Waals surface area contributed by atoms with Crippen LogP contribution in [0.3, 0.4) is 0 Å². The molecule has 2 aromatic rings. The van der Waals surface area contributed by atoms with Gasteiger partial charge in [-0.2, -0.15) is 4.31 Å². The van der Waals surface area contributed by atoms with Crippen LogP contribution < -0.4 is 0 Å². The van der Waals surface area contributed by atoms with E-state index in [4.69, 9.17) is 8.94 Å². The van der Waals surface area contributed by atoms with Gasteiger partial charge in [-0.05, 0) is 62.3 Å². The minimum absolute atomic E-state index is 0.0729. The first kappa shape index (κ1) is 22.8. The summed E-state index contributed by atoms with van der Waals surface area (Å²) in [5.74, 6) is 1.82. The van der Waals surface area contributed by atoms with Crippen LogP contribution >= 0.6 is 0 Å². The first-order valence-corrected chi connectivity index (χ1v) is 12.7. The van der Waals surface area contributed by atoms with Crippen LogP contribution in [0, 0.1) is 24.7 Å². The molecule has 4 rings (SSSR count). The van der Waals surface area contributed by atoms with E-state index in [1.165, 1.54) is 4.31 Å². The smallest absolute Gasteiger partial charge is 0.248 e. The van der Waals surface area contributed by atoms with Gasteiger partial charge < -0.3 is 13.8 Å². The highest BCUT2D eigenvalue weighted by Crippen LogP contribution is 2.31. The highest BCUT2D eigenvalue weighted by atomic mass is 32.2. The highest BCUT2D eigenvalue weighted by Gasteiger charge is 2.37. The Morgan fingerprint density at radius 2 is 1.84 bits per heavy atom. The summed E-state index contributed by atoms with van der Waals surface area (Å²) in [6, 6.07) is 3.51. The van der Waals surface area contributed by atoms with Crippen molar-refractivity contribution in [1.82, 2.24) is 14.4 Å². The van der Waals surface area contributed by atoms with E-state index in [1.54, 1.807) is 37.5 Å². The van der Waals surface area contributed by atoms with Gasteiger partial charge in [-0.15, -0.1) is 0 Å². The molecule has 2 unspecified atom stereocenters. The van der Waals surface area contributed by atoms with E-state index in [-0.39, 0.29) is 22.5 Å². The van der Waals surface area contributed by atoms with Crippen LogP contribution in [0.4, 0.5) is 0 Å². The van der Waals surface area contributed by atoms with Gasteiger partial charge in [0.25, 0.3) is 0 Å². The van der Waals surface area contributed by atoms with Gasteiger partial charge >= 0.3 is 0 Å². The fourth-order valence-electron chi connectivity index (χ4n) is 4.92. The second-order valence-electron chi connectivity index (χ2n) is 9.18. The SMILES string of the molecule is Cc1noc(/C=C/c2ccco2)c1S(=O)(=O)N1CCC(C(=O)N2CC(C)CC(C)C2)CC1. The molecular weight excluding hydrogens is 430 g/mol. The fourth-order valence-corrected chi connectivity index (χ4v) is 6.64. The standard InChI is InChI=1S/C23H31N3O5S/c1-16-13-17(2)15-25(14-16)23(27)19-8-10-26(11-9-19)32(28,29)22-18(3)24-31-21(22)7-6-20-5-4-12-30-20/h4-7,12,16-17,19H,8-11,13-15H2,1-3H3/b7-6+. The maximum absolute atomic E-state index is 13.4. The molecule has 2 aromatic heterocycles. The summed E-state index contributed by atoms with van der Waals surface area (Å²) in [6.45, 7) is 8.21. The molecule has 2 saturated heterocycles. The maximum Gasteiger partial charge on any atom is 0.248 e. The van der Waals surface area contributed by atoms with Gasteiger partial charge in [-0.1, -0.05) is 19.0 Å². The van der Waals surface area contributed by atoms with Crippen LogP contribution in [-0.4, -0.2) is 54.9 Å². The molecule has 0 spiro atoms. The second kappa shape index (κ2) is 9.23. The van der Waals surface area contributed by atoms with E-state index < -0.39 is 10.0 Å². The molecule has 0 saturated carbocycles. The van der Waals surface area contributed by atoms with Crippen molar-refractivity contribution in [2.24, 2.45) is 17.8 Å². The van der Waals surface area contributed by atoms with E-state index in [9.17, 15) is 13.2 Å². The van der Waals surface area contributed by atoms with Crippen LogP contribution in [0.25, 0.3) is 12.2 Å². The molecule has 0 aromatic carbocycles. The number of nitrogens with zero attached hydrogens (tertiary/aromatic N) is 3. The minimum Gasteiger partial charge on any atom is -0.465 e. The molecule has 2 fully saturated rings. The molecule has 0 N–H and O–H groups in total. The van der Waals surface area contributed by atoms with Gasteiger partial charge in [-0.25, -0.2) is 8.42 Å². The molecule has 1 amide bonds. The number of hydrogen-bond acceptors (Lipinski definition) is 6. The molecule has 174 valence electrons. The van der Waals surface area contributed by atoms with Crippen LogP contribution in [0.1, 0.15) is 50.3 Å². The topological polar surface area (TPSA) is 96.9 Å². The molecule has 8 nitrogen and oxygen atoms in total. The third-order valence-electron chi connectivity index (χ3n) is 6.36. The monoisotopic (exact) mass is 461 g/mol. The Morgan fingerprint density at radius 1 is 1.16 bits per heavy atom. The Morgan fingerprint density at radius 3 is 2.47 bits per heavy atom. The largest absolute Gasteiger partial charge is 0.465 e. The predicted octanol–water partition coefficient (Wildman–Crippen LogP) is 3.65. The van der Waals surface area contributed by atoms with Gasteiger partial charge in [-0.3, -0.25) is 4.79 Å². The summed E-state index contributed by atoms with van der Waals surface area (Å²) < 4.78 is 38.8. The maximum atomic E-state index is 13.4. The van der Waals surface area contributed by atoms with Crippen LogP contribution in [0.5, 0.6) is 0 Å². The number of aromatic nitrogens is 1. The molecule has 2 aliphatic rings. The van der Waals surface area contributed by atoms with Crippen molar-refractivity contribution in [3.63, 3.8) is 0 Å². The number of sulfonamides is 1. The van der Waals surface area contributed by atoms with E-state index in [1.807, 2.05) is 4.90 Å². The predicted molar refractivity (Wildman–Crippen MR) is 120 cm³/mol. The zero-order chi connectivity index (χ0) is 22.9. The van der Waals surface area contributed by atoms with E-state index >= 15 is 0 Å². The Bertz CT molecular complexity index is 1060. The van der Waals surface area contributed by atoms with Crippen LogP contribution in [-0.2, 0) is 14.8 Å². The Balaban J connectivity index is 1.44. The van der Waals surface area contributed by atoms with Gasteiger partial charge in [0.1, 0.15) is 11.5 Å². The van der Waals surface area contributed by atoms with Crippen LogP contribution in [0.15, 0.2) is 32.2 Å². The number of aryl methyl sites for hydroxylation is 1. The van der Waals surface area contributed by atoms with Crippen molar-refractivity contribution >= 4 is 28.1 Å². The van der Waals surface area contributed by atoms with E-state index in [0.29, 0.717) is 49.2 Å². The normalized spacial score (nSPS) is 23.8. The van der Waals surface area contributed by atoms with Crippen molar-refractivity contribution in [3.05, 3.63) is 35.6 Å². The number of rotatable bonds is 5. The Labute approximate surface area is 189 Å². The number of furan rings is 1. The molecule has 2 atom stereocenters. The van der Waals surface area contributed by atoms with Gasteiger partial charge in [0, 0.05) is 32.1 Å². The minimum atomic E-state index is -3.79. The Hall–Kier alpha value is -2.39. The summed E-state index contributed by atoms with van der Waals surface area (Å²) in [5.41, 5.74) is 0.318. The summed E-state index contributed by atoms with van der Waals surface area (Å²) in [6.07, 6.45) is 6.94. The molecular formula is C23H31N3O5S.